The second kappa shape index (κ2) is 9.30. The van der Waals surface area contributed by atoms with Crippen molar-refractivity contribution in [3.8, 4) is 5.75 Å². The smallest absolute Gasteiger partial charge is 0.335 e. The highest BCUT2D eigenvalue weighted by molar-refractivity contribution is 6.31. The van der Waals surface area contributed by atoms with Gasteiger partial charge in [0.25, 0.3) is 0 Å². The van der Waals surface area contributed by atoms with Gasteiger partial charge in [-0.3, -0.25) is 0 Å². The fourth-order valence-electron chi connectivity index (χ4n) is 2.22. The van der Waals surface area contributed by atoms with Gasteiger partial charge in [0.2, 0.25) is 0 Å². The number of hydrogen-bond acceptors (Lipinski definition) is 4. The van der Waals surface area contributed by atoms with Crippen LogP contribution in [0.3, 0.4) is 0 Å². The minimum atomic E-state index is -0.668. The van der Waals surface area contributed by atoms with E-state index in [4.69, 9.17) is 25.8 Å². The summed E-state index contributed by atoms with van der Waals surface area (Å²) in [6.07, 6.45) is -0.314. The summed E-state index contributed by atoms with van der Waals surface area (Å²) in [7, 11) is 1.48. The van der Waals surface area contributed by atoms with Crippen LogP contribution in [0.1, 0.15) is 18.1 Å². The van der Waals surface area contributed by atoms with Crippen LogP contribution in [-0.2, 0) is 27.3 Å². The van der Waals surface area contributed by atoms with Crippen molar-refractivity contribution in [2.24, 2.45) is 0 Å². The zero-order valence-electron chi connectivity index (χ0n) is 13.8. The largest absolute Gasteiger partial charge is 0.489 e. The molecule has 5 heteroatoms. The van der Waals surface area contributed by atoms with Gasteiger partial charge in [0.1, 0.15) is 12.4 Å². The van der Waals surface area contributed by atoms with Gasteiger partial charge in [-0.2, -0.15) is 0 Å². The van der Waals surface area contributed by atoms with Gasteiger partial charge in [0, 0.05) is 18.6 Å². The molecule has 1 atom stereocenters. The summed E-state index contributed by atoms with van der Waals surface area (Å²) in [5.41, 5.74) is 1.89. The molecule has 0 N–H and O–H groups in total. The van der Waals surface area contributed by atoms with Crippen molar-refractivity contribution in [1.29, 1.82) is 0 Å². The first kappa shape index (κ1) is 18.3. The molecule has 2 rings (SSSR count). The van der Waals surface area contributed by atoms with Gasteiger partial charge in [0.05, 0.1) is 6.61 Å². The molecule has 0 aliphatic rings. The fraction of sp³-hybridized carbons (Fsp3) is 0.316. The van der Waals surface area contributed by atoms with Crippen molar-refractivity contribution in [3.05, 3.63) is 64.7 Å². The van der Waals surface area contributed by atoms with Crippen molar-refractivity contribution in [2.75, 3.05) is 13.7 Å². The Kier molecular flexibility index (Phi) is 7.09. The molecule has 0 heterocycles. The Morgan fingerprint density at radius 3 is 2.54 bits per heavy atom. The van der Waals surface area contributed by atoms with Crippen LogP contribution in [0.5, 0.6) is 5.75 Å². The predicted octanol–water partition coefficient (Wildman–Crippen LogP) is 4.04. The first-order valence-electron chi connectivity index (χ1n) is 7.78. The second-order valence-corrected chi connectivity index (χ2v) is 5.62. The van der Waals surface area contributed by atoms with Crippen LogP contribution in [0, 0.1) is 0 Å². The van der Waals surface area contributed by atoms with E-state index in [-0.39, 0.29) is 5.97 Å². The molecule has 1 unspecified atom stereocenters. The number of benzene rings is 2. The first-order chi connectivity index (χ1) is 11.6. The molecule has 0 saturated carbocycles. The summed E-state index contributed by atoms with van der Waals surface area (Å²) < 4.78 is 15.9. The van der Waals surface area contributed by atoms with Gasteiger partial charge in [-0.05, 0) is 30.2 Å². The Morgan fingerprint density at radius 2 is 1.92 bits per heavy atom. The van der Waals surface area contributed by atoms with Crippen LogP contribution in [0.4, 0.5) is 0 Å². The van der Waals surface area contributed by atoms with Crippen molar-refractivity contribution in [2.45, 2.75) is 26.1 Å². The number of rotatable bonds is 8. The highest BCUT2D eigenvalue weighted by atomic mass is 35.5. The van der Waals surface area contributed by atoms with Crippen LogP contribution in [0.15, 0.2) is 48.5 Å². The van der Waals surface area contributed by atoms with Gasteiger partial charge < -0.3 is 14.2 Å². The third kappa shape index (κ3) is 5.25. The average molecular weight is 349 g/mol. The van der Waals surface area contributed by atoms with E-state index in [1.807, 2.05) is 42.5 Å². The zero-order valence-corrected chi connectivity index (χ0v) is 14.6. The number of esters is 1. The molecule has 0 aliphatic heterocycles. The van der Waals surface area contributed by atoms with E-state index < -0.39 is 6.10 Å². The molecule has 4 nitrogen and oxygen atoms in total. The van der Waals surface area contributed by atoms with Crippen LogP contribution >= 0.6 is 11.6 Å². The maximum absolute atomic E-state index is 11.8. The highest BCUT2D eigenvalue weighted by Crippen LogP contribution is 2.25. The SMILES string of the molecule is CCOC(=O)C(Cc1ccc(OCc2ccccc2)cc1Cl)OC. The van der Waals surface area contributed by atoms with E-state index >= 15 is 0 Å². The molecule has 128 valence electrons. The maximum Gasteiger partial charge on any atom is 0.335 e. The normalized spacial score (nSPS) is 11.8. The predicted molar refractivity (Wildman–Crippen MR) is 93.4 cm³/mol. The second-order valence-electron chi connectivity index (χ2n) is 5.21. The minimum absolute atomic E-state index is 0.318. The van der Waals surface area contributed by atoms with E-state index in [9.17, 15) is 4.79 Å². The van der Waals surface area contributed by atoms with Crippen LogP contribution in [0.25, 0.3) is 0 Å². The molecule has 0 amide bonds. The van der Waals surface area contributed by atoms with Gasteiger partial charge in [-0.1, -0.05) is 48.0 Å². The van der Waals surface area contributed by atoms with Gasteiger partial charge in [-0.15, -0.1) is 0 Å². The monoisotopic (exact) mass is 348 g/mol. The number of carbonyl (C=O) groups is 1. The van der Waals surface area contributed by atoms with E-state index in [0.717, 1.165) is 11.1 Å². The molecule has 0 aromatic heterocycles. The summed E-state index contributed by atoms with van der Waals surface area (Å²) in [5.74, 6) is 0.290. The molecule has 0 saturated heterocycles. The number of hydrogen-bond donors (Lipinski definition) is 0. The number of halogens is 1. The Balaban J connectivity index is 1.99. The summed E-state index contributed by atoms with van der Waals surface area (Å²) in [5, 5.41) is 0.534. The standard InChI is InChI=1S/C19H21ClO4/c1-3-23-19(21)18(22-2)11-15-9-10-16(12-17(15)20)24-13-14-7-5-4-6-8-14/h4-10,12,18H,3,11,13H2,1-2H3. The summed E-state index contributed by atoms with van der Waals surface area (Å²) in [4.78, 5) is 11.8. The summed E-state index contributed by atoms with van der Waals surface area (Å²) in [6.45, 7) is 2.55. The van der Waals surface area contributed by atoms with E-state index in [1.165, 1.54) is 7.11 Å². The van der Waals surface area contributed by atoms with Crippen molar-refractivity contribution in [1.82, 2.24) is 0 Å². The number of methoxy groups -OCH3 is 1. The minimum Gasteiger partial charge on any atom is -0.489 e. The number of carbonyl (C=O) groups excluding carboxylic acids is 1. The molecule has 0 radical (unpaired) electrons. The molecule has 24 heavy (non-hydrogen) atoms. The van der Waals surface area contributed by atoms with E-state index in [1.54, 1.807) is 13.0 Å². The number of ether oxygens (including phenoxy) is 3. The topological polar surface area (TPSA) is 44.8 Å². The van der Waals surface area contributed by atoms with Crippen molar-refractivity contribution in [3.63, 3.8) is 0 Å². The lowest BCUT2D eigenvalue weighted by Crippen LogP contribution is -2.27. The Labute approximate surface area is 147 Å². The molecule has 2 aromatic carbocycles. The Morgan fingerprint density at radius 1 is 1.17 bits per heavy atom. The third-order valence-electron chi connectivity index (χ3n) is 3.51. The molecule has 0 aliphatic carbocycles. The maximum atomic E-state index is 11.8. The van der Waals surface area contributed by atoms with Gasteiger partial charge in [0.15, 0.2) is 6.10 Å². The van der Waals surface area contributed by atoms with E-state index in [0.29, 0.717) is 30.4 Å². The molecular formula is C19H21ClO4. The van der Waals surface area contributed by atoms with Crippen LogP contribution < -0.4 is 4.74 Å². The molecule has 2 aromatic rings. The summed E-state index contributed by atoms with van der Waals surface area (Å²) >= 11 is 6.31. The van der Waals surface area contributed by atoms with E-state index in [2.05, 4.69) is 0 Å². The third-order valence-corrected chi connectivity index (χ3v) is 3.86. The molecular weight excluding hydrogens is 328 g/mol. The first-order valence-corrected chi connectivity index (χ1v) is 8.16. The Hall–Kier alpha value is -2.04. The summed E-state index contributed by atoms with van der Waals surface area (Å²) in [6, 6.07) is 15.3. The molecule has 0 bridgehead atoms. The van der Waals surface area contributed by atoms with Crippen LogP contribution in [0.2, 0.25) is 5.02 Å². The zero-order chi connectivity index (χ0) is 17.4. The van der Waals surface area contributed by atoms with Gasteiger partial charge >= 0.3 is 5.97 Å². The molecule has 0 fully saturated rings. The lowest BCUT2D eigenvalue weighted by molar-refractivity contribution is -0.154. The van der Waals surface area contributed by atoms with Crippen molar-refractivity contribution >= 4 is 17.6 Å². The highest BCUT2D eigenvalue weighted by Gasteiger charge is 2.20. The average Bonchev–Trinajstić information content (AvgIpc) is 2.60. The molecule has 0 spiro atoms. The lowest BCUT2D eigenvalue weighted by atomic mass is 10.1. The van der Waals surface area contributed by atoms with Crippen LogP contribution in [-0.4, -0.2) is 25.8 Å². The fourth-order valence-corrected chi connectivity index (χ4v) is 2.47. The Bertz CT molecular complexity index is 658. The lowest BCUT2D eigenvalue weighted by Gasteiger charge is -2.15. The van der Waals surface area contributed by atoms with Crippen molar-refractivity contribution < 1.29 is 19.0 Å². The quantitative estimate of drug-likeness (QED) is 0.675. The van der Waals surface area contributed by atoms with Gasteiger partial charge in [-0.25, -0.2) is 4.79 Å².